The van der Waals surface area contributed by atoms with Crippen molar-refractivity contribution >= 4 is 23.8 Å². The number of hydrogen-bond acceptors (Lipinski definition) is 9. The number of morpholine rings is 1. The average Bonchev–Trinajstić information content (AvgIpc) is 3.00. The first-order chi connectivity index (χ1) is 19.1. The maximum absolute atomic E-state index is 13.9. The summed E-state index contributed by atoms with van der Waals surface area (Å²) in [6, 6.07) is 19.7. The highest BCUT2D eigenvalue weighted by Gasteiger charge is 2.23. The van der Waals surface area contributed by atoms with Gasteiger partial charge in [0.2, 0.25) is 5.95 Å². The highest BCUT2D eigenvalue weighted by molar-refractivity contribution is 5.98. The molecule has 1 aliphatic rings. The number of amides is 1. The van der Waals surface area contributed by atoms with Gasteiger partial charge in [-0.2, -0.15) is 4.98 Å². The van der Waals surface area contributed by atoms with Crippen molar-refractivity contribution in [3.8, 4) is 0 Å². The van der Waals surface area contributed by atoms with Crippen LogP contribution in [0.2, 0.25) is 0 Å². The number of aromatic nitrogens is 2. The third-order valence-corrected chi connectivity index (χ3v) is 6.06. The monoisotopic (exact) mass is 531 g/mol. The highest BCUT2D eigenvalue weighted by Crippen LogP contribution is 2.21. The van der Waals surface area contributed by atoms with Gasteiger partial charge in [0, 0.05) is 38.9 Å². The molecule has 204 valence electrons. The van der Waals surface area contributed by atoms with E-state index in [2.05, 4.69) is 19.9 Å². The summed E-state index contributed by atoms with van der Waals surface area (Å²) in [4.78, 5) is 38.2. The van der Waals surface area contributed by atoms with Crippen molar-refractivity contribution in [1.82, 2.24) is 14.9 Å². The minimum Gasteiger partial charge on any atom is -0.438 e. The van der Waals surface area contributed by atoms with E-state index in [-0.39, 0.29) is 12.5 Å². The Balaban J connectivity index is 1.58. The molecule has 0 saturated carbocycles. The average molecular weight is 532 g/mol. The summed E-state index contributed by atoms with van der Waals surface area (Å²) in [5.41, 5.74) is 2.42. The van der Waals surface area contributed by atoms with Gasteiger partial charge >= 0.3 is 6.16 Å². The van der Waals surface area contributed by atoms with Gasteiger partial charge in [-0.15, -0.1) is 0 Å². The number of benzene rings is 2. The van der Waals surface area contributed by atoms with Gasteiger partial charge in [-0.05, 0) is 17.2 Å². The highest BCUT2D eigenvalue weighted by atomic mass is 16.7. The second-order valence-electron chi connectivity index (χ2n) is 8.78. The molecule has 4 rings (SSSR count). The smallest absolute Gasteiger partial charge is 0.438 e. The van der Waals surface area contributed by atoms with E-state index in [4.69, 9.17) is 14.5 Å². The van der Waals surface area contributed by atoms with E-state index < -0.39 is 6.16 Å². The number of methoxy groups -OCH3 is 1. The summed E-state index contributed by atoms with van der Waals surface area (Å²) in [5.74, 6) is 0.803. The topological polar surface area (TPSA) is 106 Å². The molecule has 0 bridgehead atoms. The predicted molar refractivity (Wildman–Crippen MR) is 148 cm³/mol. The lowest BCUT2D eigenvalue weighted by molar-refractivity contribution is 0.0756. The Labute approximate surface area is 228 Å². The molecule has 0 radical (unpaired) electrons. The fourth-order valence-electron chi connectivity index (χ4n) is 4.00. The van der Waals surface area contributed by atoms with E-state index in [1.807, 2.05) is 60.7 Å². The maximum Gasteiger partial charge on any atom is 0.508 e. The van der Waals surface area contributed by atoms with Crippen LogP contribution in [0.1, 0.15) is 21.5 Å². The standard InChI is InChI=1S/C29H33N5O5/c1-37-29(36)39-17-9-8-14-34(22-24-12-6-3-7-13-24)27(35)25-21-31-28(33-15-18-38-19-16-33)32-26(25)30-20-23-10-4-2-5-11-23/h2-13,21H,14-20,22H2,1H3,(H,30,31,32)/b9-8+. The van der Waals surface area contributed by atoms with Crippen molar-refractivity contribution in [2.45, 2.75) is 13.1 Å². The Bertz CT molecular complexity index is 1230. The van der Waals surface area contributed by atoms with Crippen LogP contribution in [0.4, 0.5) is 16.6 Å². The van der Waals surface area contributed by atoms with Crippen LogP contribution >= 0.6 is 0 Å². The fraction of sp³-hybridized carbons (Fsp3) is 0.310. The minimum atomic E-state index is -0.761. The van der Waals surface area contributed by atoms with Crippen molar-refractivity contribution in [3.63, 3.8) is 0 Å². The Kier molecular flexibility index (Phi) is 10.2. The van der Waals surface area contributed by atoms with Gasteiger partial charge in [-0.3, -0.25) is 4.79 Å². The zero-order valence-corrected chi connectivity index (χ0v) is 22.0. The maximum atomic E-state index is 13.9. The molecule has 0 atom stereocenters. The molecule has 3 aromatic rings. The van der Waals surface area contributed by atoms with E-state index in [1.165, 1.54) is 7.11 Å². The van der Waals surface area contributed by atoms with Crippen molar-refractivity contribution in [2.24, 2.45) is 0 Å². The van der Waals surface area contributed by atoms with Crippen LogP contribution < -0.4 is 10.2 Å². The quantitative estimate of drug-likeness (QED) is 0.291. The number of anilines is 2. The van der Waals surface area contributed by atoms with Crippen LogP contribution in [0.3, 0.4) is 0 Å². The molecule has 1 saturated heterocycles. The summed E-state index contributed by atoms with van der Waals surface area (Å²) in [5, 5.41) is 3.36. The van der Waals surface area contributed by atoms with Crippen molar-refractivity contribution in [1.29, 1.82) is 0 Å². The number of carbonyl (C=O) groups excluding carboxylic acids is 2. The molecule has 1 fully saturated rings. The van der Waals surface area contributed by atoms with Crippen LogP contribution in [0.15, 0.2) is 79.0 Å². The Morgan fingerprint density at radius 2 is 1.72 bits per heavy atom. The lowest BCUT2D eigenvalue weighted by atomic mass is 10.1. The summed E-state index contributed by atoms with van der Waals surface area (Å²) in [6.45, 7) is 3.80. The van der Waals surface area contributed by atoms with Gasteiger partial charge in [0.25, 0.3) is 5.91 Å². The molecule has 0 spiro atoms. The number of nitrogens with one attached hydrogen (secondary N) is 1. The van der Waals surface area contributed by atoms with E-state index in [0.29, 0.717) is 63.3 Å². The Morgan fingerprint density at radius 3 is 2.41 bits per heavy atom. The first-order valence-corrected chi connectivity index (χ1v) is 12.8. The first kappa shape index (κ1) is 27.6. The molecule has 2 heterocycles. The van der Waals surface area contributed by atoms with Crippen LogP contribution in [-0.2, 0) is 27.3 Å². The van der Waals surface area contributed by atoms with Crippen molar-refractivity contribution < 1.29 is 23.8 Å². The Morgan fingerprint density at radius 1 is 1.03 bits per heavy atom. The van der Waals surface area contributed by atoms with Gasteiger partial charge in [0.1, 0.15) is 18.0 Å². The van der Waals surface area contributed by atoms with Gasteiger partial charge < -0.3 is 29.3 Å². The van der Waals surface area contributed by atoms with E-state index in [9.17, 15) is 9.59 Å². The zero-order valence-electron chi connectivity index (χ0n) is 22.0. The number of rotatable bonds is 11. The second kappa shape index (κ2) is 14.5. The van der Waals surface area contributed by atoms with E-state index in [1.54, 1.807) is 23.2 Å². The number of nitrogens with zero attached hydrogens (tertiary/aromatic N) is 4. The molecule has 0 unspecified atom stereocenters. The summed E-state index contributed by atoms with van der Waals surface area (Å²) < 4.78 is 14.9. The molecule has 10 nitrogen and oxygen atoms in total. The molecule has 1 N–H and O–H groups in total. The molecule has 39 heavy (non-hydrogen) atoms. The van der Waals surface area contributed by atoms with E-state index in [0.717, 1.165) is 11.1 Å². The van der Waals surface area contributed by atoms with Crippen LogP contribution in [0.25, 0.3) is 0 Å². The molecule has 1 aromatic heterocycles. The van der Waals surface area contributed by atoms with Gasteiger partial charge in [0.15, 0.2) is 0 Å². The third-order valence-electron chi connectivity index (χ3n) is 6.06. The van der Waals surface area contributed by atoms with Crippen LogP contribution in [-0.4, -0.2) is 73.5 Å². The summed E-state index contributed by atoms with van der Waals surface area (Å²) >= 11 is 0. The minimum absolute atomic E-state index is 0.0429. The van der Waals surface area contributed by atoms with Gasteiger partial charge in [0.05, 0.1) is 20.3 Å². The molecule has 2 aromatic carbocycles. The summed E-state index contributed by atoms with van der Waals surface area (Å²) in [6.07, 6.45) is 4.29. The summed E-state index contributed by atoms with van der Waals surface area (Å²) in [7, 11) is 1.25. The van der Waals surface area contributed by atoms with Crippen molar-refractivity contribution in [3.05, 3.63) is 95.7 Å². The third kappa shape index (κ3) is 8.27. The van der Waals surface area contributed by atoms with E-state index >= 15 is 0 Å². The molecule has 0 aliphatic carbocycles. The normalized spacial score (nSPS) is 13.2. The van der Waals surface area contributed by atoms with Gasteiger partial charge in [-0.1, -0.05) is 66.7 Å². The zero-order chi connectivity index (χ0) is 27.3. The Hall–Kier alpha value is -4.44. The molecule has 1 amide bonds. The number of ether oxygens (including phenoxy) is 3. The number of carbonyl (C=O) groups is 2. The molecular weight excluding hydrogens is 498 g/mol. The lowest BCUT2D eigenvalue weighted by Crippen LogP contribution is -2.38. The largest absolute Gasteiger partial charge is 0.508 e. The lowest BCUT2D eigenvalue weighted by Gasteiger charge is -2.28. The number of hydrogen-bond donors (Lipinski definition) is 1. The van der Waals surface area contributed by atoms with Crippen molar-refractivity contribution in [2.75, 3.05) is 56.8 Å². The SMILES string of the molecule is COC(=O)OC/C=C/CN(Cc1ccccc1)C(=O)c1cnc(N2CCOCC2)nc1NCc1ccccc1. The fourth-order valence-corrected chi connectivity index (χ4v) is 4.00. The molecular formula is C29H33N5O5. The van der Waals surface area contributed by atoms with Gasteiger partial charge in [-0.25, -0.2) is 9.78 Å². The van der Waals surface area contributed by atoms with Crippen LogP contribution in [0.5, 0.6) is 0 Å². The molecule has 10 heteroatoms. The second-order valence-corrected chi connectivity index (χ2v) is 8.78. The van der Waals surface area contributed by atoms with Crippen LogP contribution in [0, 0.1) is 0 Å². The molecule has 1 aliphatic heterocycles. The first-order valence-electron chi connectivity index (χ1n) is 12.8. The predicted octanol–water partition coefficient (Wildman–Crippen LogP) is 3.91.